The molecular weight excluding hydrogens is 206 g/mol. The minimum Gasteiger partial charge on any atom is -0.206 e. The highest BCUT2D eigenvalue weighted by Gasteiger charge is 2.68. The molecule has 2 aromatic rings. The minimum atomic E-state index is -2.53. The molecule has 1 unspecified atom stereocenters. The first kappa shape index (κ1) is 9.76. The van der Waals surface area contributed by atoms with Crippen LogP contribution in [0.4, 0.5) is 8.78 Å². The van der Waals surface area contributed by atoms with Gasteiger partial charge in [0.25, 0.3) is 5.92 Å². The van der Waals surface area contributed by atoms with Crippen LogP contribution in [0.25, 0.3) is 10.8 Å². The van der Waals surface area contributed by atoms with Gasteiger partial charge in [-0.25, -0.2) is 8.78 Å². The number of halogens is 2. The number of hydrogen-bond acceptors (Lipinski definition) is 0. The maximum Gasteiger partial charge on any atom is 0.258 e. The van der Waals surface area contributed by atoms with Gasteiger partial charge >= 0.3 is 0 Å². The largest absolute Gasteiger partial charge is 0.258 e. The summed E-state index contributed by atoms with van der Waals surface area (Å²) in [4.78, 5) is 0. The Morgan fingerprint density at radius 3 is 2.25 bits per heavy atom. The summed E-state index contributed by atoms with van der Waals surface area (Å²) in [6.07, 6.45) is -0.0294. The molecule has 0 N–H and O–H groups in total. The third-order valence-corrected chi connectivity index (χ3v) is 3.64. The van der Waals surface area contributed by atoms with E-state index in [9.17, 15) is 8.78 Å². The predicted molar refractivity (Wildman–Crippen MR) is 60.9 cm³/mol. The third-order valence-electron chi connectivity index (χ3n) is 3.64. The Morgan fingerprint density at radius 1 is 1.00 bits per heavy atom. The van der Waals surface area contributed by atoms with E-state index in [4.69, 9.17) is 0 Å². The van der Waals surface area contributed by atoms with Gasteiger partial charge in [0.2, 0.25) is 0 Å². The van der Waals surface area contributed by atoms with E-state index in [1.54, 1.807) is 6.92 Å². The van der Waals surface area contributed by atoms with Gasteiger partial charge < -0.3 is 0 Å². The van der Waals surface area contributed by atoms with Crippen LogP contribution in [0.15, 0.2) is 42.5 Å². The van der Waals surface area contributed by atoms with Crippen molar-refractivity contribution in [3.63, 3.8) is 0 Å². The lowest BCUT2D eigenvalue weighted by Gasteiger charge is -2.11. The van der Waals surface area contributed by atoms with Gasteiger partial charge in [0, 0.05) is 6.42 Å². The number of rotatable bonds is 1. The van der Waals surface area contributed by atoms with Crippen LogP contribution < -0.4 is 0 Å². The van der Waals surface area contributed by atoms with Crippen molar-refractivity contribution in [2.24, 2.45) is 0 Å². The van der Waals surface area contributed by atoms with Crippen LogP contribution >= 0.6 is 0 Å². The first-order chi connectivity index (χ1) is 7.53. The molecule has 0 saturated heterocycles. The molecule has 1 saturated carbocycles. The van der Waals surface area contributed by atoms with Crippen molar-refractivity contribution in [2.45, 2.75) is 24.7 Å². The molecule has 1 atom stereocenters. The molecule has 16 heavy (non-hydrogen) atoms. The van der Waals surface area contributed by atoms with Crippen LogP contribution in [0.1, 0.15) is 18.9 Å². The molecule has 0 aromatic heterocycles. The molecule has 1 aliphatic carbocycles. The zero-order chi connectivity index (χ0) is 11.4. The van der Waals surface area contributed by atoms with Gasteiger partial charge in [0.15, 0.2) is 0 Å². The maximum atomic E-state index is 13.3. The lowest BCUT2D eigenvalue weighted by molar-refractivity contribution is 0.0920. The van der Waals surface area contributed by atoms with Crippen LogP contribution in [-0.4, -0.2) is 5.92 Å². The lowest BCUT2D eigenvalue weighted by Crippen LogP contribution is -2.11. The number of alkyl halides is 2. The SMILES string of the molecule is CC1(c2ccc3ccccc3c2)CC1(F)F. The van der Waals surface area contributed by atoms with E-state index in [0.717, 1.165) is 16.3 Å². The molecule has 0 nitrogen and oxygen atoms in total. The Bertz CT molecular complexity index is 559. The smallest absolute Gasteiger partial charge is 0.206 e. The third kappa shape index (κ3) is 1.19. The predicted octanol–water partition coefficient (Wildman–Crippen LogP) is 4.14. The number of benzene rings is 2. The van der Waals surface area contributed by atoms with Gasteiger partial charge in [-0.15, -0.1) is 0 Å². The van der Waals surface area contributed by atoms with Gasteiger partial charge in [-0.2, -0.15) is 0 Å². The molecule has 0 heterocycles. The Balaban J connectivity index is 2.14. The zero-order valence-corrected chi connectivity index (χ0v) is 9.00. The monoisotopic (exact) mass is 218 g/mol. The molecule has 1 aliphatic rings. The highest BCUT2D eigenvalue weighted by atomic mass is 19.3. The van der Waals surface area contributed by atoms with E-state index in [1.807, 2.05) is 42.5 Å². The number of hydrogen-bond donors (Lipinski definition) is 0. The molecule has 2 heteroatoms. The molecular formula is C14H12F2. The van der Waals surface area contributed by atoms with Gasteiger partial charge in [-0.1, -0.05) is 42.5 Å². The lowest BCUT2D eigenvalue weighted by atomic mass is 9.95. The summed E-state index contributed by atoms with van der Waals surface area (Å²) in [7, 11) is 0. The van der Waals surface area contributed by atoms with Crippen molar-refractivity contribution >= 4 is 10.8 Å². The summed E-state index contributed by atoms with van der Waals surface area (Å²) in [6.45, 7) is 1.64. The van der Waals surface area contributed by atoms with Crippen molar-refractivity contribution in [2.75, 3.05) is 0 Å². The van der Waals surface area contributed by atoms with Crippen molar-refractivity contribution in [3.05, 3.63) is 48.0 Å². The first-order valence-corrected chi connectivity index (χ1v) is 5.40. The van der Waals surface area contributed by atoms with Gasteiger partial charge in [-0.3, -0.25) is 0 Å². The van der Waals surface area contributed by atoms with Crippen molar-refractivity contribution in [3.8, 4) is 0 Å². The van der Waals surface area contributed by atoms with Crippen LogP contribution in [0.2, 0.25) is 0 Å². The van der Waals surface area contributed by atoms with Crippen molar-refractivity contribution < 1.29 is 8.78 Å². The molecule has 0 bridgehead atoms. The second-order valence-corrected chi connectivity index (χ2v) is 4.78. The van der Waals surface area contributed by atoms with E-state index in [0.29, 0.717) is 0 Å². The normalized spacial score (nSPS) is 26.9. The van der Waals surface area contributed by atoms with Crippen molar-refractivity contribution in [1.82, 2.24) is 0 Å². The van der Waals surface area contributed by atoms with Crippen LogP contribution in [0, 0.1) is 0 Å². The molecule has 82 valence electrons. The van der Waals surface area contributed by atoms with E-state index in [2.05, 4.69) is 0 Å². The fourth-order valence-electron chi connectivity index (χ4n) is 2.25. The molecule has 0 amide bonds. The van der Waals surface area contributed by atoms with E-state index in [-0.39, 0.29) is 6.42 Å². The average molecular weight is 218 g/mol. The summed E-state index contributed by atoms with van der Waals surface area (Å²) >= 11 is 0. The maximum absolute atomic E-state index is 13.3. The second-order valence-electron chi connectivity index (χ2n) is 4.78. The van der Waals surface area contributed by atoms with Gasteiger partial charge in [0.05, 0.1) is 5.41 Å². The van der Waals surface area contributed by atoms with Gasteiger partial charge in [-0.05, 0) is 23.3 Å². The van der Waals surface area contributed by atoms with Crippen molar-refractivity contribution in [1.29, 1.82) is 0 Å². The summed E-state index contributed by atoms with van der Waals surface area (Å²) in [6, 6.07) is 13.5. The Kier molecular flexibility index (Phi) is 1.72. The molecule has 0 spiro atoms. The minimum absolute atomic E-state index is 0.0294. The molecule has 3 rings (SSSR count). The van der Waals surface area contributed by atoms with Crippen LogP contribution in [0.3, 0.4) is 0 Å². The standard InChI is InChI=1S/C14H12F2/c1-13(9-14(13,15)16)12-7-6-10-4-2-3-5-11(10)8-12/h2-8H,9H2,1H3. The fraction of sp³-hybridized carbons (Fsp3) is 0.286. The number of fused-ring (bicyclic) bond motifs is 1. The summed E-state index contributed by atoms with van der Waals surface area (Å²) in [5.41, 5.74) is -0.201. The van der Waals surface area contributed by atoms with E-state index < -0.39 is 11.3 Å². The Labute approximate surface area is 92.9 Å². The van der Waals surface area contributed by atoms with Crippen LogP contribution in [-0.2, 0) is 5.41 Å². The summed E-state index contributed by atoms with van der Waals surface area (Å²) in [5, 5.41) is 2.13. The molecule has 2 aromatic carbocycles. The quantitative estimate of drug-likeness (QED) is 0.675. The fourth-order valence-corrected chi connectivity index (χ4v) is 2.25. The highest BCUT2D eigenvalue weighted by molar-refractivity contribution is 5.83. The average Bonchev–Trinajstić information content (AvgIpc) is 2.79. The molecule has 0 radical (unpaired) electrons. The summed E-state index contributed by atoms with van der Waals surface area (Å²) < 4.78 is 26.5. The summed E-state index contributed by atoms with van der Waals surface area (Å²) in [5.74, 6) is -2.53. The zero-order valence-electron chi connectivity index (χ0n) is 9.00. The Morgan fingerprint density at radius 2 is 1.62 bits per heavy atom. The Hall–Kier alpha value is -1.44. The second kappa shape index (κ2) is 2.82. The van der Waals surface area contributed by atoms with E-state index >= 15 is 0 Å². The molecule has 0 aliphatic heterocycles. The molecule has 1 fully saturated rings. The van der Waals surface area contributed by atoms with Crippen LogP contribution in [0.5, 0.6) is 0 Å². The van der Waals surface area contributed by atoms with Gasteiger partial charge in [0.1, 0.15) is 0 Å². The topological polar surface area (TPSA) is 0 Å². The first-order valence-electron chi connectivity index (χ1n) is 5.40. The van der Waals surface area contributed by atoms with E-state index in [1.165, 1.54) is 0 Å². The highest BCUT2D eigenvalue weighted by Crippen LogP contribution is 2.61.